The van der Waals surface area contributed by atoms with E-state index < -0.39 is 0 Å². The summed E-state index contributed by atoms with van der Waals surface area (Å²) in [6.45, 7) is 4.60. The van der Waals surface area contributed by atoms with Crippen molar-refractivity contribution in [2.45, 2.75) is 19.0 Å². The lowest BCUT2D eigenvalue weighted by atomic mass is 10.2. The van der Waals surface area contributed by atoms with Gasteiger partial charge in [0.15, 0.2) is 0 Å². The summed E-state index contributed by atoms with van der Waals surface area (Å²) in [4.78, 5) is 2.27. The van der Waals surface area contributed by atoms with Crippen LogP contribution in [0.15, 0.2) is 22.8 Å². The zero-order chi connectivity index (χ0) is 11.2. The first kappa shape index (κ1) is 11.6. The van der Waals surface area contributed by atoms with Crippen LogP contribution >= 0.6 is 0 Å². The number of furan rings is 1. The summed E-state index contributed by atoms with van der Waals surface area (Å²) >= 11 is 0. The molecule has 90 valence electrons. The van der Waals surface area contributed by atoms with Gasteiger partial charge in [0.25, 0.3) is 0 Å². The van der Waals surface area contributed by atoms with Gasteiger partial charge in [-0.15, -0.1) is 0 Å². The van der Waals surface area contributed by atoms with Gasteiger partial charge in [-0.05, 0) is 32.1 Å². The lowest BCUT2D eigenvalue weighted by Gasteiger charge is -2.25. The Morgan fingerprint density at radius 3 is 3.19 bits per heavy atom. The predicted octanol–water partition coefficient (Wildman–Crippen LogP) is 1.09. The van der Waals surface area contributed by atoms with Gasteiger partial charge < -0.3 is 14.5 Å². The molecule has 2 heterocycles. The normalized spacial score (nSPS) is 21.5. The lowest BCUT2D eigenvalue weighted by Crippen LogP contribution is -2.42. The Bertz CT molecular complexity index is 281. The molecule has 1 aliphatic heterocycles. The molecule has 1 saturated heterocycles. The van der Waals surface area contributed by atoms with Crippen LogP contribution in [0.1, 0.15) is 12.2 Å². The molecule has 1 aromatic rings. The van der Waals surface area contributed by atoms with E-state index in [4.69, 9.17) is 9.15 Å². The van der Waals surface area contributed by atoms with Crippen molar-refractivity contribution in [2.24, 2.45) is 0 Å². The average Bonchev–Trinajstić information content (AvgIpc) is 2.81. The van der Waals surface area contributed by atoms with E-state index in [1.54, 1.807) is 6.26 Å². The molecule has 0 aliphatic carbocycles. The third-order valence-corrected chi connectivity index (χ3v) is 2.86. The molecule has 16 heavy (non-hydrogen) atoms. The molecular formula is C12H20N2O2. The van der Waals surface area contributed by atoms with Crippen molar-refractivity contribution in [3.05, 3.63) is 24.2 Å². The minimum absolute atomic E-state index is 0.507. The zero-order valence-electron chi connectivity index (χ0n) is 9.82. The van der Waals surface area contributed by atoms with Gasteiger partial charge in [0.1, 0.15) is 5.76 Å². The van der Waals surface area contributed by atoms with E-state index in [1.807, 2.05) is 12.1 Å². The monoisotopic (exact) mass is 224 g/mol. The van der Waals surface area contributed by atoms with Gasteiger partial charge in [0, 0.05) is 12.6 Å². The zero-order valence-corrected chi connectivity index (χ0v) is 9.82. The van der Waals surface area contributed by atoms with Crippen LogP contribution in [0.3, 0.4) is 0 Å². The fourth-order valence-electron chi connectivity index (χ4n) is 1.93. The van der Waals surface area contributed by atoms with Crippen molar-refractivity contribution in [2.75, 3.05) is 33.4 Å². The van der Waals surface area contributed by atoms with Gasteiger partial charge in [-0.1, -0.05) is 0 Å². The summed E-state index contributed by atoms with van der Waals surface area (Å²) in [5, 5.41) is 3.46. The predicted molar refractivity (Wildman–Crippen MR) is 62.3 cm³/mol. The molecule has 1 atom stereocenters. The second-order valence-corrected chi connectivity index (χ2v) is 4.33. The molecule has 0 spiro atoms. The third kappa shape index (κ3) is 3.63. The van der Waals surface area contributed by atoms with E-state index >= 15 is 0 Å². The minimum atomic E-state index is 0.507. The van der Waals surface area contributed by atoms with E-state index in [2.05, 4.69) is 17.3 Å². The molecule has 1 unspecified atom stereocenters. The SMILES string of the molecule is CN(CCC1COCCN1)Cc1ccco1. The molecule has 4 heteroatoms. The number of rotatable bonds is 5. The van der Waals surface area contributed by atoms with Gasteiger partial charge in [-0.2, -0.15) is 0 Å². The maximum Gasteiger partial charge on any atom is 0.117 e. The first-order valence-electron chi connectivity index (χ1n) is 5.86. The van der Waals surface area contributed by atoms with Gasteiger partial charge in [0.2, 0.25) is 0 Å². The van der Waals surface area contributed by atoms with Crippen LogP contribution in [-0.2, 0) is 11.3 Å². The molecule has 4 nitrogen and oxygen atoms in total. The highest BCUT2D eigenvalue weighted by Gasteiger charge is 2.13. The molecule has 0 saturated carbocycles. The molecule has 1 aromatic heterocycles. The minimum Gasteiger partial charge on any atom is -0.468 e. The molecular weight excluding hydrogens is 204 g/mol. The second-order valence-electron chi connectivity index (χ2n) is 4.33. The molecule has 1 fully saturated rings. The fourth-order valence-corrected chi connectivity index (χ4v) is 1.93. The summed E-state index contributed by atoms with van der Waals surface area (Å²) in [7, 11) is 2.12. The molecule has 2 rings (SSSR count). The van der Waals surface area contributed by atoms with Crippen molar-refractivity contribution in [1.82, 2.24) is 10.2 Å². The number of hydrogen-bond acceptors (Lipinski definition) is 4. The molecule has 0 radical (unpaired) electrons. The van der Waals surface area contributed by atoms with Crippen molar-refractivity contribution in [1.29, 1.82) is 0 Å². The molecule has 1 aliphatic rings. The smallest absolute Gasteiger partial charge is 0.117 e. The van der Waals surface area contributed by atoms with Crippen LogP contribution < -0.4 is 5.32 Å². The highest BCUT2D eigenvalue weighted by atomic mass is 16.5. The van der Waals surface area contributed by atoms with Crippen LogP contribution in [0.4, 0.5) is 0 Å². The Morgan fingerprint density at radius 2 is 2.50 bits per heavy atom. The van der Waals surface area contributed by atoms with E-state index in [9.17, 15) is 0 Å². The average molecular weight is 224 g/mol. The van der Waals surface area contributed by atoms with Crippen LogP contribution in [0.5, 0.6) is 0 Å². The molecule has 0 amide bonds. The Morgan fingerprint density at radius 1 is 1.56 bits per heavy atom. The summed E-state index contributed by atoms with van der Waals surface area (Å²) < 4.78 is 10.7. The first-order valence-corrected chi connectivity index (χ1v) is 5.86. The number of nitrogens with one attached hydrogen (secondary N) is 1. The van der Waals surface area contributed by atoms with Gasteiger partial charge >= 0.3 is 0 Å². The fraction of sp³-hybridized carbons (Fsp3) is 0.667. The standard InChI is InChI=1S/C12H20N2O2/c1-14(9-12-3-2-7-16-12)6-4-11-10-15-8-5-13-11/h2-3,7,11,13H,4-6,8-10H2,1H3. The van der Waals surface area contributed by atoms with E-state index in [0.717, 1.165) is 45.0 Å². The first-order chi connectivity index (χ1) is 7.84. The van der Waals surface area contributed by atoms with Crippen LogP contribution in [-0.4, -0.2) is 44.3 Å². The van der Waals surface area contributed by atoms with Crippen LogP contribution in [0, 0.1) is 0 Å². The van der Waals surface area contributed by atoms with Gasteiger partial charge in [-0.25, -0.2) is 0 Å². The van der Waals surface area contributed by atoms with Crippen molar-refractivity contribution >= 4 is 0 Å². The van der Waals surface area contributed by atoms with E-state index in [0.29, 0.717) is 6.04 Å². The van der Waals surface area contributed by atoms with Crippen molar-refractivity contribution < 1.29 is 9.15 Å². The Labute approximate surface area is 96.6 Å². The van der Waals surface area contributed by atoms with E-state index in [1.165, 1.54) is 0 Å². The maximum absolute atomic E-state index is 5.42. The largest absolute Gasteiger partial charge is 0.468 e. The van der Waals surface area contributed by atoms with Gasteiger partial charge in [-0.3, -0.25) is 4.90 Å². The van der Waals surface area contributed by atoms with E-state index in [-0.39, 0.29) is 0 Å². The molecule has 0 bridgehead atoms. The van der Waals surface area contributed by atoms with Crippen molar-refractivity contribution in [3.8, 4) is 0 Å². The Balaban J connectivity index is 1.65. The second kappa shape index (κ2) is 6.03. The Hall–Kier alpha value is -0.840. The molecule has 0 aromatic carbocycles. The number of hydrogen-bond donors (Lipinski definition) is 1. The summed E-state index contributed by atoms with van der Waals surface area (Å²) in [6.07, 6.45) is 2.84. The number of nitrogens with zero attached hydrogens (tertiary/aromatic N) is 1. The highest BCUT2D eigenvalue weighted by Crippen LogP contribution is 2.05. The Kier molecular flexibility index (Phi) is 4.39. The lowest BCUT2D eigenvalue weighted by molar-refractivity contribution is 0.0705. The topological polar surface area (TPSA) is 37.6 Å². The number of morpholine rings is 1. The maximum atomic E-state index is 5.42. The van der Waals surface area contributed by atoms with Crippen LogP contribution in [0.25, 0.3) is 0 Å². The summed E-state index contributed by atoms with van der Waals surface area (Å²) in [6, 6.07) is 4.45. The third-order valence-electron chi connectivity index (χ3n) is 2.86. The summed E-state index contributed by atoms with van der Waals surface area (Å²) in [5.41, 5.74) is 0. The summed E-state index contributed by atoms with van der Waals surface area (Å²) in [5.74, 6) is 1.02. The van der Waals surface area contributed by atoms with Crippen LogP contribution in [0.2, 0.25) is 0 Å². The highest BCUT2D eigenvalue weighted by molar-refractivity contribution is 4.97. The van der Waals surface area contributed by atoms with Gasteiger partial charge in [0.05, 0.1) is 26.0 Å². The van der Waals surface area contributed by atoms with Crippen molar-refractivity contribution in [3.63, 3.8) is 0 Å². The quantitative estimate of drug-likeness (QED) is 0.812. The molecule has 1 N–H and O–H groups in total. The number of ether oxygens (including phenoxy) is 1.